The zero-order chi connectivity index (χ0) is 60.2. The zero-order valence-electron chi connectivity index (χ0n) is 53.2. The fraction of sp³-hybridized carbons (Fsp3) is 0.928. The van der Waals surface area contributed by atoms with Gasteiger partial charge in [0, 0.05) is 6.42 Å². The van der Waals surface area contributed by atoms with E-state index >= 15 is 0 Å². The number of hydrogen-bond donors (Lipinski definition) is 9. The first-order valence-corrected chi connectivity index (χ1v) is 35.1. The summed E-state index contributed by atoms with van der Waals surface area (Å²) in [5.41, 5.74) is 0. The molecule has 12 unspecified atom stereocenters. The number of nitrogens with one attached hydrogen (secondary N) is 1. The molecule has 2 aliphatic rings. The molecule has 490 valence electrons. The molecule has 2 heterocycles. The van der Waals surface area contributed by atoms with Crippen molar-refractivity contribution in [1.29, 1.82) is 0 Å². The lowest BCUT2D eigenvalue weighted by Gasteiger charge is -2.46. The van der Waals surface area contributed by atoms with Gasteiger partial charge in [0.25, 0.3) is 0 Å². The van der Waals surface area contributed by atoms with Gasteiger partial charge in [-0.25, -0.2) is 0 Å². The number of rotatable bonds is 58. The number of allylic oxidation sites excluding steroid dienone is 4. The van der Waals surface area contributed by atoms with Crippen LogP contribution in [-0.4, -0.2) is 140 Å². The minimum Gasteiger partial charge on any atom is -0.394 e. The molecule has 0 radical (unpaired) electrons. The van der Waals surface area contributed by atoms with Crippen molar-refractivity contribution in [2.24, 2.45) is 0 Å². The van der Waals surface area contributed by atoms with E-state index in [0.29, 0.717) is 12.8 Å². The Morgan fingerprint density at radius 1 is 0.434 bits per heavy atom. The largest absolute Gasteiger partial charge is 0.394 e. The molecule has 14 nitrogen and oxygen atoms in total. The predicted octanol–water partition coefficient (Wildman–Crippen LogP) is 14.0. The van der Waals surface area contributed by atoms with Crippen molar-refractivity contribution in [3.63, 3.8) is 0 Å². The van der Waals surface area contributed by atoms with Crippen molar-refractivity contribution in [3.05, 3.63) is 24.3 Å². The van der Waals surface area contributed by atoms with Crippen molar-refractivity contribution in [2.45, 2.75) is 389 Å². The van der Waals surface area contributed by atoms with Crippen molar-refractivity contribution in [3.8, 4) is 0 Å². The van der Waals surface area contributed by atoms with Crippen LogP contribution in [0, 0.1) is 0 Å². The van der Waals surface area contributed by atoms with E-state index < -0.39 is 86.8 Å². The van der Waals surface area contributed by atoms with E-state index in [1.54, 1.807) is 0 Å². The van der Waals surface area contributed by atoms with Crippen molar-refractivity contribution in [2.75, 3.05) is 19.8 Å². The highest BCUT2D eigenvalue weighted by atomic mass is 16.7. The van der Waals surface area contributed by atoms with Gasteiger partial charge in [-0.15, -0.1) is 0 Å². The Balaban J connectivity index is 1.61. The van der Waals surface area contributed by atoms with Gasteiger partial charge in [-0.3, -0.25) is 4.79 Å². The zero-order valence-corrected chi connectivity index (χ0v) is 53.2. The summed E-state index contributed by atoms with van der Waals surface area (Å²) in [6, 6.07) is -0.826. The Kier molecular flexibility index (Phi) is 51.0. The maximum absolute atomic E-state index is 13.3. The molecule has 2 fully saturated rings. The number of aliphatic hydroxyl groups is 8. The van der Waals surface area contributed by atoms with Crippen LogP contribution in [0.1, 0.15) is 316 Å². The predicted molar refractivity (Wildman–Crippen MR) is 337 cm³/mol. The van der Waals surface area contributed by atoms with Gasteiger partial charge in [0.05, 0.1) is 32.0 Å². The minimum atomic E-state index is -1.78. The number of hydrogen-bond acceptors (Lipinski definition) is 13. The van der Waals surface area contributed by atoms with Crippen LogP contribution in [0.3, 0.4) is 0 Å². The Labute approximate surface area is 507 Å². The quantitative estimate of drug-likeness (QED) is 0.0204. The molecule has 0 bridgehead atoms. The first-order chi connectivity index (χ1) is 40.6. The van der Waals surface area contributed by atoms with Crippen LogP contribution >= 0.6 is 0 Å². The van der Waals surface area contributed by atoms with Gasteiger partial charge < -0.3 is 65.1 Å². The number of ether oxygens (including phenoxy) is 4. The fourth-order valence-corrected chi connectivity index (χ4v) is 11.8. The standard InChI is InChI=1S/C69H131NO13/c1-3-5-7-9-11-13-15-17-19-21-22-23-24-25-26-27-28-29-30-31-32-33-34-35-36-37-39-41-43-45-47-49-51-53-61(74)70-57(58(73)52-50-48-46-44-42-40-38-20-18-16-14-12-10-8-6-4-2)56-80-68-66(79)64(77)67(60(55-72)82-68)83-69-65(78)63(76)62(75)59(54-71)81-69/h15,17,21-22,57-60,62-69,71-73,75-79H,3-14,16,18-20,23-56H2,1-2H3,(H,70,74)/b17-15-,22-21-. The van der Waals surface area contributed by atoms with Crippen LogP contribution in [-0.2, 0) is 23.7 Å². The van der Waals surface area contributed by atoms with E-state index in [1.807, 2.05) is 0 Å². The molecule has 0 aliphatic carbocycles. The van der Waals surface area contributed by atoms with Gasteiger partial charge in [-0.2, -0.15) is 0 Å². The maximum atomic E-state index is 13.3. The summed E-state index contributed by atoms with van der Waals surface area (Å²) >= 11 is 0. The molecule has 1 amide bonds. The summed E-state index contributed by atoms with van der Waals surface area (Å²) in [7, 11) is 0. The molecule has 0 saturated carbocycles. The van der Waals surface area contributed by atoms with Gasteiger partial charge >= 0.3 is 0 Å². The minimum absolute atomic E-state index is 0.200. The summed E-state index contributed by atoms with van der Waals surface area (Å²) in [6.07, 6.45) is 50.6. The highest BCUT2D eigenvalue weighted by Crippen LogP contribution is 2.30. The first-order valence-electron chi connectivity index (χ1n) is 35.1. The summed E-state index contributed by atoms with van der Waals surface area (Å²) in [5, 5.41) is 87.5. The van der Waals surface area contributed by atoms with E-state index in [9.17, 15) is 45.6 Å². The smallest absolute Gasteiger partial charge is 0.220 e. The highest BCUT2D eigenvalue weighted by Gasteiger charge is 2.51. The second kappa shape index (κ2) is 54.6. The monoisotopic (exact) mass is 1180 g/mol. The Hall–Kier alpha value is -1.53. The van der Waals surface area contributed by atoms with Crippen LogP contribution in [0.2, 0.25) is 0 Å². The highest BCUT2D eigenvalue weighted by molar-refractivity contribution is 5.76. The molecule has 14 heteroatoms. The third-order valence-corrected chi connectivity index (χ3v) is 17.4. The molecule has 0 aromatic rings. The third-order valence-electron chi connectivity index (χ3n) is 17.4. The summed E-state index contributed by atoms with van der Waals surface area (Å²) in [4.78, 5) is 13.3. The van der Waals surface area contributed by atoms with Crippen molar-refractivity contribution in [1.82, 2.24) is 5.32 Å². The van der Waals surface area contributed by atoms with Gasteiger partial charge in [0.2, 0.25) is 5.91 Å². The number of unbranched alkanes of at least 4 members (excludes halogenated alkanes) is 41. The maximum Gasteiger partial charge on any atom is 0.220 e. The second-order valence-electron chi connectivity index (χ2n) is 25.0. The third kappa shape index (κ3) is 39.2. The van der Waals surface area contributed by atoms with E-state index in [1.165, 1.54) is 231 Å². The molecule has 0 spiro atoms. The van der Waals surface area contributed by atoms with Crippen LogP contribution in [0.4, 0.5) is 0 Å². The van der Waals surface area contributed by atoms with Gasteiger partial charge in [0.1, 0.15) is 48.8 Å². The van der Waals surface area contributed by atoms with Crippen LogP contribution < -0.4 is 5.32 Å². The molecule has 9 N–H and O–H groups in total. The van der Waals surface area contributed by atoms with E-state index in [2.05, 4.69) is 43.5 Å². The lowest BCUT2D eigenvalue weighted by Crippen LogP contribution is -2.65. The van der Waals surface area contributed by atoms with Crippen molar-refractivity contribution < 1.29 is 64.6 Å². The molecule has 12 atom stereocenters. The molecule has 2 rings (SSSR count). The number of aliphatic hydroxyl groups excluding tert-OH is 8. The second-order valence-corrected chi connectivity index (χ2v) is 25.0. The lowest BCUT2D eigenvalue weighted by molar-refractivity contribution is -0.359. The van der Waals surface area contributed by atoms with E-state index in [0.717, 1.165) is 57.8 Å². The molecule has 0 aromatic heterocycles. The Bertz CT molecular complexity index is 1490. The molecule has 0 aromatic carbocycles. The molecule has 2 aliphatic heterocycles. The number of carbonyl (C=O) groups is 1. The summed E-state index contributed by atoms with van der Waals surface area (Å²) in [6.45, 7) is 2.89. The van der Waals surface area contributed by atoms with Gasteiger partial charge in [-0.1, -0.05) is 289 Å². The molecule has 83 heavy (non-hydrogen) atoms. The molecule has 2 saturated heterocycles. The molecular weight excluding hydrogens is 1050 g/mol. The average Bonchev–Trinajstić information content (AvgIpc) is 3.63. The number of carbonyl (C=O) groups excluding carboxylic acids is 1. The van der Waals surface area contributed by atoms with Crippen molar-refractivity contribution >= 4 is 5.91 Å². The van der Waals surface area contributed by atoms with Gasteiger partial charge in [-0.05, 0) is 44.9 Å². The number of amides is 1. The van der Waals surface area contributed by atoms with E-state index in [-0.39, 0.29) is 12.5 Å². The topological polar surface area (TPSA) is 228 Å². The molecular formula is C69H131NO13. The Morgan fingerprint density at radius 2 is 0.795 bits per heavy atom. The summed E-state index contributed by atoms with van der Waals surface area (Å²) in [5.74, 6) is -0.200. The van der Waals surface area contributed by atoms with E-state index in [4.69, 9.17) is 18.9 Å². The van der Waals surface area contributed by atoms with Crippen LogP contribution in [0.15, 0.2) is 24.3 Å². The van der Waals surface area contributed by atoms with Crippen LogP contribution in [0.5, 0.6) is 0 Å². The normalized spacial score (nSPS) is 23.9. The summed E-state index contributed by atoms with van der Waals surface area (Å²) < 4.78 is 22.9. The Morgan fingerprint density at radius 3 is 1.20 bits per heavy atom. The average molecular weight is 1180 g/mol. The lowest BCUT2D eigenvalue weighted by atomic mass is 9.97. The van der Waals surface area contributed by atoms with Crippen LogP contribution in [0.25, 0.3) is 0 Å². The fourth-order valence-electron chi connectivity index (χ4n) is 11.8. The first kappa shape index (κ1) is 77.6. The SMILES string of the molecule is CCCCCCC/C=C\C/C=C\CCCCCCCCCCCCCCCCCCCCCCCC(=O)NC(COC1OC(CO)C(OC2OC(CO)C(O)C(O)C2O)C(O)C1O)C(O)CCCCCCCCCCCCCCCCCC. The van der Waals surface area contributed by atoms with Gasteiger partial charge in [0.15, 0.2) is 12.6 Å².